The lowest BCUT2D eigenvalue weighted by Gasteiger charge is -2.28. The number of anilines is 1. The van der Waals surface area contributed by atoms with E-state index in [1.165, 1.54) is 23.3 Å². The van der Waals surface area contributed by atoms with Crippen LogP contribution in [0.1, 0.15) is 0 Å². The van der Waals surface area contributed by atoms with Crippen molar-refractivity contribution in [3.05, 3.63) is 48.0 Å². The van der Waals surface area contributed by atoms with Gasteiger partial charge in [0.05, 0.1) is 24.2 Å². The minimum absolute atomic E-state index is 0.107. The average molecular weight is 381 g/mol. The van der Waals surface area contributed by atoms with Gasteiger partial charge in [0, 0.05) is 17.1 Å². The van der Waals surface area contributed by atoms with E-state index in [4.69, 9.17) is 9.47 Å². The lowest BCUT2D eigenvalue weighted by Crippen LogP contribution is -2.42. The second kappa shape index (κ2) is 7.16. The van der Waals surface area contributed by atoms with Gasteiger partial charge in [0.25, 0.3) is 5.91 Å². The fraction of sp³-hybridized carbons (Fsp3) is 0.158. The summed E-state index contributed by atoms with van der Waals surface area (Å²) in [5.74, 6) is -0.243. The van der Waals surface area contributed by atoms with E-state index in [1.54, 1.807) is 18.3 Å². The Morgan fingerprint density at radius 3 is 2.96 bits per heavy atom. The quantitative estimate of drug-likeness (QED) is 0.647. The number of carbonyl (C=O) groups is 2. The molecule has 0 saturated heterocycles. The largest absolute Gasteiger partial charge is 0.482 e. The van der Waals surface area contributed by atoms with E-state index in [-0.39, 0.29) is 19.1 Å². The topological polar surface area (TPSA) is 81.6 Å². The fourth-order valence-electron chi connectivity index (χ4n) is 2.74. The first-order valence-electron chi connectivity index (χ1n) is 8.17. The first-order valence-corrected chi connectivity index (χ1v) is 9.05. The summed E-state index contributed by atoms with van der Waals surface area (Å²) in [7, 11) is 1.29. The van der Waals surface area contributed by atoms with Gasteiger partial charge >= 0.3 is 5.97 Å². The molecule has 1 aromatic carbocycles. The summed E-state index contributed by atoms with van der Waals surface area (Å²) in [6.07, 6.45) is 1.73. The van der Waals surface area contributed by atoms with E-state index < -0.39 is 5.97 Å². The summed E-state index contributed by atoms with van der Waals surface area (Å²) in [5, 5.41) is 2.74. The van der Waals surface area contributed by atoms with Crippen LogP contribution in [0.3, 0.4) is 0 Å². The Morgan fingerprint density at radius 1 is 1.30 bits per heavy atom. The number of methoxy groups -OCH3 is 1. The van der Waals surface area contributed by atoms with Crippen molar-refractivity contribution in [2.24, 2.45) is 0 Å². The Hall–Kier alpha value is -3.26. The number of nitrogens with zero attached hydrogens (tertiary/aromatic N) is 3. The molecule has 1 amide bonds. The van der Waals surface area contributed by atoms with Crippen LogP contribution in [0.25, 0.3) is 22.0 Å². The molecule has 0 bridgehead atoms. The first kappa shape index (κ1) is 17.2. The number of fused-ring (bicyclic) bond motifs is 1. The van der Waals surface area contributed by atoms with E-state index in [0.717, 1.165) is 22.0 Å². The van der Waals surface area contributed by atoms with Crippen LogP contribution in [-0.4, -0.2) is 42.1 Å². The molecule has 136 valence electrons. The monoisotopic (exact) mass is 381 g/mol. The number of benzene rings is 1. The van der Waals surface area contributed by atoms with Gasteiger partial charge in [-0.2, -0.15) is 0 Å². The highest BCUT2D eigenvalue weighted by Gasteiger charge is 2.28. The third kappa shape index (κ3) is 3.39. The van der Waals surface area contributed by atoms with Crippen molar-refractivity contribution in [3.8, 4) is 27.7 Å². The maximum atomic E-state index is 12.2. The van der Waals surface area contributed by atoms with Crippen molar-refractivity contribution >= 4 is 28.9 Å². The molecule has 1 aliphatic heterocycles. The van der Waals surface area contributed by atoms with Gasteiger partial charge in [-0.3, -0.25) is 19.5 Å². The summed E-state index contributed by atoms with van der Waals surface area (Å²) in [6, 6.07) is 11.1. The summed E-state index contributed by atoms with van der Waals surface area (Å²) >= 11 is 1.49. The second-order valence-electron chi connectivity index (χ2n) is 5.78. The lowest BCUT2D eigenvalue weighted by molar-refractivity contribution is -0.140. The van der Waals surface area contributed by atoms with Gasteiger partial charge in [0.15, 0.2) is 6.61 Å². The SMILES string of the molecule is COC(=O)CN1C(=O)COc2ccc(-c3csc(-c4ccccn4)n3)cc21. The third-order valence-corrected chi connectivity index (χ3v) is 4.97. The number of thiazole rings is 1. The second-order valence-corrected chi connectivity index (χ2v) is 6.64. The highest BCUT2D eigenvalue weighted by molar-refractivity contribution is 7.13. The molecule has 0 spiro atoms. The smallest absolute Gasteiger partial charge is 0.325 e. The molecule has 0 N–H and O–H groups in total. The fourth-order valence-corrected chi connectivity index (χ4v) is 3.55. The molecule has 0 radical (unpaired) electrons. The molecule has 7 nitrogen and oxygen atoms in total. The van der Waals surface area contributed by atoms with Gasteiger partial charge in [-0.15, -0.1) is 11.3 Å². The van der Waals surface area contributed by atoms with E-state index in [9.17, 15) is 9.59 Å². The predicted molar refractivity (Wildman–Crippen MR) is 101 cm³/mol. The molecule has 0 atom stereocenters. The maximum absolute atomic E-state index is 12.2. The zero-order chi connectivity index (χ0) is 18.8. The molecule has 0 saturated carbocycles. The Kier molecular flexibility index (Phi) is 4.55. The van der Waals surface area contributed by atoms with E-state index in [1.807, 2.05) is 29.6 Å². The van der Waals surface area contributed by atoms with E-state index >= 15 is 0 Å². The molecule has 0 aliphatic carbocycles. The number of amides is 1. The Bertz CT molecular complexity index is 1000. The van der Waals surface area contributed by atoms with Crippen molar-refractivity contribution in [1.82, 2.24) is 9.97 Å². The highest BCUT2D eigenvalue weighted by atomic mass is 32.1. The normalized spacial score (nSPS) is 13.1. The predicted octanol–water partition coefficient (Wildman–Crippen LogP) is 2.77. The number of rotatable bonds is 4. The van der Waals surface area contributed by atoms with Crippen LogP contribution in [0, 0.1) is 0 Å². The van der Waals surface area contributed by atoms with Crippen LogP contribution in [0.2, 0.25) is 0 Å². The number of aromatic nitrogens is 2. The van der Waals surface area contributed by atoms with Gasteiger partial charge < -0.3 is 9.47 Å². The lowest BCUT2D eigenvalue weighted by atomic mass is 10.1. The molecule has 3 aromatic rings. The summed E-state index contributed by atoms with van der Waals surface area (Å²) in [6.45, 7) is -0.269. The molecule has 1 aliphatic rings. The molecule has 27 heavy (non-hydrogen) atoms. The molecule has 4 rings (SSSR count). The van der Waals surface area contributed by atoms with Gasteiger partial charge in [0.2, 0.25) is 0 Å². The minimum atomic E-state index is -0.493. The van der Waals surface area contributed by atoms with Crippen LogP contribution >= 0.6 is 11.3 Å². The van der Waals surface area contributed by atoms with Crippen molar-refractivity contribution < 1.29 is 19.1 Å². The zero-order valence-electron chi connectivity index (χ0n) is 14.4. The zero-order valence-corrected chi connectivity index (χ0v) is 15.2. The molecule has 8 heteroatoms. The van der Waals surface area contributed by atoms with Crippen LogP contribution in [0.15, 0.2) is 48.0 Å². The molecule has 0 unspecified atom stereocenters. The summed E-state index contributed by atoms with van der Waals surface area (Å²) < 4.78 is 10.2. The van der Waals surface area contributed by atoms with Crippen molar-refractivity contribution in [2.75, 3.05) is 25.2 Å². The van der Waals surface area contributed by atoms with Crippen LogP contribution in [-0.2, 0) is 14.3 Å². The average Bonchev–Trinajstić information content (AvgIpc) is 3.20. The summed E-state index contributed by atoms with van der Waals surface area (Å²) in [5.41, 5.74) is 2.92. The number of hydrogen-bond donors (Lipinski definition) is 0. The number of ether oxygens (including phenoxy) is 2. The molecular formula is C19H15N3O4S. The first-order chi connectivity index (χ1) is 13.2. The van der Waals surface area contributed by atoms with Crippen molar-refractivity contribution in [2.45, 2.75) is 0 Å². The summed E-state index contributed by atoms with van der Waals surface area (Å²) in [4.78, 5) is 34.2. The van der Waals surface area contributed by atoms with E-state index in [0.29, 0.717) is 11.4 Å². The number of hydrogen-bond acceptors (Lipinski definition) is 7. The Morgan fingerprint density at radius 2 is 2.19 bits per heavy atom. The third-order valence-electron chi connectivity index (χ3n) is 4.10. The molecule has 3 heterocycles. The molecule has 0 fully saturated rings. The maximum Gasteiger partial charge on any atom is 0.325 e. The van der Waals surface area contributed by atoms with Crippen molar-refractivity contribution in [1.29, 1.82) is 0 Å². The van der Waals surface area contributed by atoms with Crippen molar-refractivity contribution in [3.63, 3.8) is 0 Å². The Labute approximate surface area is 159 Å². The van der Waals surface area contributed by atoms with E-state index in [2.05, 4.69) is 9.97 Å². The highest BCUT2D eigenvalue weighted by Crippen LogP contribution is 2.37. The Balaban J connectivity index is 1.69. The molecular weight excluding hydrogens is 366 g/mol. The van der Waals surface area contributed by atoms with Crippen LogP contribution < -0.4 is 9.64 Å². The van der Waals surface area contributed by atoms with Crippen LogP contribution in [0.5, 0.6) is 5.75 Å². The number of carbonyl (C=O) groups excluding carboxylic acids is 2. The van der Waals surface area contributed by atoms with Gasteiger partial charge in [-0.25, -0.2) is 4.98 Å². The molecule has 2 aromatic heterocycles. The van der Waals surface area contributed by atoms with Gasteiger partial charge in [-0.1, -0.05) is 6.07 Å². The number of pyridine rings is 1. The number of esters is 1. The minimum Gasteiger partial charge on any atom is -0.482 e. The van der Waals surface area contributed by atoms with Gasteiger partial charge in [0.1, 0.15) is 17.3 Å². The van der Waals surface area contributed by atoms with Crippen LogP contribution in [0.4, 0.5) is 5.69 Å². The standard InChI is InChI=1S/C19H15N3O4S/c1-25-18(24)9-22-15-8-12(5-6-16(15)26-10-17(22)23)14-11-27-19(21-14)13-4-2-3-7-20-13/h2-8,11H,9-10H2,1H3. The van der Waals surface area contributed by atoms with Gasteiger partial charge in [-0.05, 0) is 30.3 Å².